The summed E-state index contributed by atoms with van der Waals surface area (Å²) in [6.45, 7) is 2.09. The second-order valence-electron chi connectivity index (χ2n) is 5.46. The standard InChI is InChI=1S/C17H22FN3OS/c1-4-8-23-12-16(22)21(3)17(14-10-19-20(2)11-14)13-6-5-7-15(18)9-13/h5-7,9-11,17H,4,8,12H2,1-3H3/t17-/m1/s1. The van der Waals surface area contributed by atoms with E-state index in [-0.39, 0.29) is 17.8 Å². The fourth-order valence-corrected chi connectivity index (χ4v) is 3.26. The average Bonchev–Trinajstić information content (AvgIpc) is 2.94. The van der Waals surface area contributed by atoms with Gasteiger partial charge in [-0.3, -0.25) is 9.48 Å². The largest absolute Gasteiger partial charge is 0.334 e. The van der Waals surface area contributed by atoms with Crippen LogP contribution >= 0.6 is 11.8 Å². The number of amides is 1. The lowest BCUT2D eigenvalue weighted by molar-refractivity contribution is -0.128. The van der Waals surface area contributed by atoms with Crippen LogP contribution in [0.3, 0.4) is 0 Å². The maximum atomic E-state index is 13.6. The summed E-state index contributed by atoms with van der Waals surface area (Å²) < 4.78 is 15.3. The van der Waals surface area contributed by atoms with E-state index in [9.17, 15) is 9.18 Å². The zero-order valence-corrected chi connectivity index (χ0v) is 14.5. The van der Waals surface area contributed by atoms with Crippen molar-refractivity contribution in [3.63, 3.8) is 0 Å². The summed E-state index contributed by atoms with van der Waals surface area (Å²) in [5, 5.41) is 4.18. The summed E-state index contributed by atoms with van der Waals surface area (Å²) in [6, 6.07) is 6.04. The molecule has 1 amide bonds. The molecule has 6 heteroatoms. The van der Waals surface area contributed by atoms with Gasteiger partial charge in [0.25, 0.3) is 0 Å². The lowest BCUT2D eigenvalue weighted by Gasteiger charge is -2.28. The van der Waals surface area contributed by atoms with E-state index in [2.05, 4.69) is 12.0 Å². The van der Waals surface area contributed by atoms with E-state index in [0.29, 0.717) is 5.75 Å². The Labute approximate surface area is 140 Å². The van der Waals surface area contributed by atoms with E-state index in [1.54, 1.807) is 40.7 Å². The molecule has 0 N–H and O–H groups in total. The van der Waals surface area contributed by atoms with E-state index in [1.807, 2.05) is 19.3 Å². The third-order valence-electron chi connectivity index (χ3n) is 3.56. The molecule has 0 spiro atoms. The highest BCUT2D eigenvalue weighted by atomic mass is 32.2. The van der Waals surface area contributed by atoms with Gasteiger partial charge >= 0.3 is 0 Å². The van der Waals surface area contributed by atoms with Crippen LogP contribution < -0.4 is 0 Å². The lowest BCUT2D eigenvalue weighted by atomic mass is 10.00. The van der Waals surface area contributed by atoms with E-state index in [0.717, 1.165) is 23.3 Å². The number of carbonyl (C=O) groups is 1. The molecule has 1 heterocycles. The van der Waals surface area contributed by atoms with Crippen molar-refractivity contribution >= 4 is 17.7 Å². The molecular formula is C17H22FN3OS. The van der Waals surface area contributed by atoms with Crippen molar-refractivity contribution in [3.05, 3.63) is 53.6 Å². The van der Waals surface area contributed by atoms with Crippen molar-refractivity contribution in [3.8, 4) is 0 Å². The van der Waals surface area contributed by atoms with Crippen LogP contribution in [0.25, 0.3) is 0 Å². The zero-order chi connectivity index (χ0) is 16.8. The smallest absolute Gasteiger partial charge is 0.233 e. The topological polar surface area (TPSA) is 38.1 Å². The predicted molar refractivity (Wildman–Crippen MR) is 91.8 cm³/mol. The molecule has 0 aliphatic carbocycles. The molecule has 0 radical (unpaired) electrons. The van der Waals surface area contributed by atoms with Crippen LogP contribution in [0.4, 0.5) is 4.39 Å². The third kappa shape index (κ3) is 4.58. The summed E-state index contributed by atoms with van der Waals surface area (Å²) >= 11 is 1.62. The molecule has 1 aromatic carbocycles. The van der Waals surface area contributed by atoms with Crippen LogP contribution in [0, 0.1) is 5.82 Å². The van der Waals surface area contributed by atoms with Crippen LogP contribution in [-0.4, -0.2) is 39.1 Å². The molecule has 0 fully saturated rings. The minimum Gasteiger partial charge on any atom is -0.334 e. The molecule has 23 heavy (non-hydrogen) atoms. The molecule has 0 saturated heterocycles. The van der Waals surface area contributed by atoms with Crippen LogP contribution in [0.15, 0.2) is 36.7 Å². The van der Waals surface area contributed by atoms with Crippen molar-refractivity contribution in [2.75, 3.05) is 18.6 Å². The molecule has 4 nitrogen and oxygen atoms in total. The molecule has 0 bridgehead atoms. The number of rotatable bonds is 7. The van der Waals surface area contributed by atoms with E-state index >= 15 is 0 Å². The predicted octanol–water partition coefficient (Wildman–Crippen LogP) is 3.25. The van der Waals surface area contributed by atoms with Gasteiger partial charge in [0, 0.05) is 25.9 Å². The molecule has 0 aliphatic heterocycles. The number of benzene rings is 1. The normalized spacial score (nSPS) is 12.2. The van der Waals surface area contributed by atoms with Gasteiger partial charge in [-0.05, 0) is 29.9 Å². The van der Waals surface area contributed by atoms with E-state index in [4.69, 9.17) is 0 Å². The van der Waals surface area contributed by atoms with Gasteiger partial charge in [0.1, 0.15) is 5.82 Å². The second-order valence-corrected chi connectivity index (χ2v) is 6.57. The van der Waals surface area contributed by atoms with Gasteiger partial charge in [0.2, 0.25) is 5.91 Å². The van der Waals surface area contributed by atoms with Crippen LogP contribution in [0.5, 0.6) is 0 Å². The third-order valence-corrected chi connectivity index (χ3v) is 4.71. The van der Waals surface area contributed by atoms with Crippen molar-refractivity contribution in [1.29, 1.82) is 0 Å². The number of thioether (sulfide) groups is 1. The Bertz CT molecular complexity index is 659. The summed E-state index contributed by atoms with van der Waals surface area (Å²) in [5.74, 6) is 1.10. The highest BCUT2D eigenvalue weighted by Crippen LogP contribution is 2.28. The lowest BCUT2D eigenvalue weighted by Crippen LogP contribution is -2.33. The Morgan fingerprint density at radius 2 is 2.22 bits per heavy atom. The molecule has 0 aliphatic rings. The number of hydrogen-bond donors (Lipinski definition) is 0. The summed E-state index contributed by atoms with van der Waals surface area (Å²) in [6.07, 6.45) is 4.62. The molecule has 124 valence electrons. The fourth-order valence-electron chi connectivity index (χ4n) is 2.45. The average molecular weight is 335 g/mol. The SMILES string of the molecule is CCCSCC(=O)N(C)[C@H](c1cccc(F)c1)c1cnn(C)c1. The highest BCUT2D eigenvalue weighted by Gasteiger charge is 2.24. The number of aryl methyl sites for hydroxylation is 1. The Morgan fingerprint density at radius 3 is 2.83 bits per heavy atom. The maximum Gasteiger partial charge on any atom is 0.233 e. The summed E-state index contributed by atoms with van der Waals surface area (Å²) in [4.78, 5) is 14.2. The molecule has 2 rings (SSSR count). The highest BCUT2D eigenvalue weighted by molar-refractivity contribution is 7.99. The van der Waals surface area contributed by atoms with Gasteiger partial charge < -0.3 is 4.90 Å². The molecular weight excluding hydrogens is 313 g/mol. The number of nitrogens with zero attached hydrogens (tertiary/aromatic N) is 3. The first-order valence-electron chi connectivity index (χ1n) is 7.60. The molecule has 1 aromatic heterocycles. The zero-order valence-electron chi connectivity index (χ0n) is 13.7. The van der Waals surface area contributed by atoms with Gasteiger partial charge in [-0.15, -0.1) is 0 Å². The molecule has 2 aromatic rings. The molecule has 0 unspecified atom stereocenters. The van der Waals surface area contributed by atoms with Crippen molar-refractivity contribution in [2.45, 2.75) is 19.4 Å². The fraction of sp³-hybridized carbons (Fsp3) is 0.412. The Hall–Kier alpha value is -1.82. The first-order valence-corrected chi connectivity index (χ1v) is 8.75. The molecule has 1 atom stereocenters. The first-order chi connectivity index (χ1) is 11.0. The summed E-state index contributed by atoms with van der Waals surface area (Å²) in [5.41, 5.74) is 1.61. The number of halogens is 1. The quantitative estimate of drug-likeness (QED) is 0.729. The second kappa shape index (κ2) is 8.15. The molecule has 0 saturated carbocycles. The maximum absolute atomic E-state index is 13.6. The van der Waals surface area contributed by atoms with Crippen molar-refractivity contribution < 1.29 is 9.18 Å². The minimum absolute atomic E-state index is 0.0292. The number of carbonyl (C=O) groups excluding carboxylic acids is 1. The van der Waals surface area contributed by atoms with Gasteiger partial charge in [0.05, 0.1) is 18.0 Å². The van der Waals surface area contributed by atoms with Crippen LogP contribution in [-0.2, 0) is 11.8 Å². The van der Waals surface area contributed by atoms with Gasteiger partial charge in [0.15, 0.2) is 0 Å². The van der Waals surface area contributed by atoms with Gasteiger partial charge in [-0.2, -0.15) is 16.9 Å². The summed E-state index contributed by atoms with van der Waals surface area (Å²) in [7, 11) is 3.59. The van der Waals surface area contributed by atoms with Gasteiger partial charge in [-0.1, -0.05) is 19.1 Å². The Morgan fingerprint density at radius 1 is 1.43 bits per heavy atom. The van der Waals surface area contributed by atoms with Crippen LogP contribution in [0.1, 0.15) is 30.5 Å². The number of hydrogen-bond acceptors (Lipinski definition) is 3. The van der Waals surface area contributed by atoms with Gasteiger partial charge in [-0.25, -0.2) is 4.39 Å². The van der Waals surface area contributed by atoms with E-state index in [1.165, 1.54) is 12.1 Å². The van der Waals surface area contributed by atoms with Crippen molar-refractivity contribution in [2.24, 2.45) is 7.05 Å². The Kier molecular flexibility index (Phi) is 6.21. The van der Waals surface area contributed by atoms with Crippen molar-refractivity contribution in [1.82, 2.24) is 14.7 Å². The minimum atomic E-state index is -0.339. The van der Waals surface area contributed by atoms with E-state index < -0.39 is 0 Å². The Balaban J connectivity index is 2.28. The monoisotopic (exact) mass is 335 g/mol. The van der Waals surface area contributed by atoms with Crippen LogP contribution in [0.2, 0.25) is 0 Å². The number of aromatic nitrogens is 2. The first kappa shape index (κ1) is 17.5.